The van der Waals surface area contributed by atoms with Crippen molar-refractivity contribution < 1.29 is 4.79 Å². The van der Waals surface area contributed by atoms with Gasteiger partial charge in [0, 0.05) is 0 Å². The quantitative estimate of drug-likeness (QED) is 0.780. The van der Waals surface area contributed by atoms with Crippen molar-refractivity contribution in [3.05, 3.63) is 23.3 Å². The topological polar surface area (TPSA) is 43.1 Å². The van der Waals surface area contributed by atoms with Gasteiger partial charge in [-0.2, -0.15) is 0 Å². The predicted octanol–water partition coefficient (Wildman–Crippen LogP) is 2.80. The Bertz CT molecular complexity index is 434. The molecular weight excluding hydrogens is 210 g/mol. The molecule has 0 aliphatic heterocycles. The van der Waals surface area contributed by atoms with Crippen LogP contribution in [-0.2, 0) is 4.79 Å². The molecule has 1 amide bonds. The zero-order valence-electron chi connectivity index (χ0n) is 10.7. The van der Waals surface area contributed by atoms with Crippen LogP contribution < -0.4 is 5.73 Å². The normalized spacial score (nSPS) is 43.8. The van der Waals surface area contributed by atoms with E-state index in [0.717, 1.165) is 12.3 Å². The average molecular weight is 231 g/mol. The highest BCUT2D eigenvalue weighted by Gasteiger charge is 2.57. The van der Waals surface area contributed by atoms with E-state index < -0.39 is 0 Å². The smallest absolute Gasteiger partial charge is 0.228 e. The Labute approximate surface area is 103 Å². The van der Waals surface area contributed by atoms with E-state index in [2.05, 4.69) is 26.0 Å². The summed E-state index contributed by atoms with van der Waals surface area (Å²) in [6.45, 7) is 4.32. The molecule has 0 aromatic carbocycles. The van der Waals surface area contributed by atoms with E-state index in [-0.39, 0.29) is 11.3 Å². The van der Waals surface area contributed by atoms with E-state index in [4.69, 9.17) is 5.73 Å². The van der Waals surface area contributed by atoms with Crippen LogP contribution >= 0.6 is 0 Å². The van der Waals surface area contributed by atoms with Gasteiger partial charge >= 0.3 is 0 Å². The van der Waals surface area contributed by atoms with Crippen molar-refractivity contribution in [2.75, 3.05) is 0 Å². The molecule has 0 aromatic rings. The first kappa shape index (κ1) is 11.1. The van der Waals surface area contributed by atoms with Crippen molar-refractivity contribution in [1.82, 2.24) is 0 Å². The summed E-state index contributed by atoms with van der Waals surface area (Å²) in [4.78, 5) is 12.2. The van der Waals surface area contributed by atoms with Crippen LogP contribution in [0.4, 0.5) is 0 Å². The summed E-state index contributed by atoms with van der Waals surface area (Å²) in [5.74, 6) is 1.56. The third kappa shape index (κ3) is 1.30. The van der Waals surface area contributed by atoms with Gasteiger partial charge < -0.3 is 5.73 Å². The molecule has 4 unspecified atom stereocenters. The summed E-state index contributed by atoms with van der Waals surface area (Å²) in [7, 11) is 0. The van der Waals surface area contributed by atoms with Gasteiger partial charge in [-0.15, -0.1) is 0 Å². The maximum Gasteiger partial charge on any atom is 0.228 e. The minimum atomic E-state index is -0.310. The monoisotopic (exact) mass is 231 g/mol. The second kappa shape index (κ2) is 3.47. The first-order chi connectivity index (χ1) is 8.05. The van der Waals surface area contributed by atoms with Crippen LogP contribution in [0.25, 0.3) is 0 Å². The Hall–Kier alpha value is -1.05. The molecule has 2 fully saturated rings. The van der Waals surface area contributed by atoms with E-state index in [1.807, 2.05) is 0 Å². The number of allylic oxidation sites excluding steroid dienone is 3. The van der Waals surface area contributed by atoms with Crippen molar-refractivity contribution in [1.29, 1.82) is 0 Å². The molecular formula is C15H21NO. The number of carbonyl (C=O) groups is 1. The van der Waals surface area contributed by atoms with Crippen molar-refractivity contribution in [2.24, 2.45) is 28.9 Å². The molecule has 4 atom stereocenters. The standard InChI is InChI=1S/C15H21NO/c1-9-3-4-10(2)13(9)15(14(16)17)8-11-5-6-12(15)7-11/h3-4,9,11-12H,5-8H2,1-2H3,(H2,16,17). The molecule has 0 heterocycles. The summed E-state index contributed by atoms with van der Waals surface area (Å²) < 4.78 is 0. The Morgan fingerprint density at radius 3 is 2.65 bits per heavy atom. The number of primary amides is 1. The molecule has 92 valence electrons. The maximum absolute atomic E-state index is 12.2. The SMILES string of the molecule is CC1=C(C2(C(N)=O)CC3CCC2C3)C(C)C=C1. The summed E-state index contributed by atoms with van der Waals surface area (Å²) >= 11 is 0. The van der Waals surface area contributed by atoms with E-state index in [1.54, 1.807) is 0 Å². The van der Waals surface area contributed by atoms with Gasteiger partial charge in [0.15, 0.2) is 0 Å². The molecule has 0 spiro atoms. The fourth-order valence-corrected chi connectivity index (χ4v) is 4.69. The average Bonchev–Trinajstić information content (AvgIpc) is 2.93. The van der Waals surface area contributed by atoms with Crippen LogP contribution in [0.1, 0.15) is 39.5 Å². The molecule has 3 aliphatic carbocycles. The van der Waals surface area contributed by atoms with E-state index in [9.17, 15) is 4.79 Å². The second-order valence-electron chi connectivity index (χ2n) is 6.16. The number of carbonyl (C=O) groups excluding carboxylic acids is 1. The van der Waals surface area contributed by atoms with Crippen LogP contribution in [0.5, 0.6) is 0 Å². The van der Waals surface area contributed by atoms with Crippen molar-refractivity contribution in [3.63, 3.8) is 0 Å². The second-order valence-corrected chi connectivity index (χ2v) is 6.16. The molecule has 3 rings (SSSR count). The lowest BCUT2D eigenvalue weighted by Crippen LogP contribution is -2.44. The van der Waals surface area contributed by atoms with E-state index in [0.29, 0.717) is 11.8 Å². The molecule has 2 bridgehead atoms. The predicted molar refractivity (Wildman–Crippen MR) is 68.1 cm³/mol. The van der Waals surface area contributed by atoms with E-state index in [1.165, 1.54) is 30.4 Å². The van der Waals surface area contributed by atoms with Crippen molar-refractivity contribution >= 4 is 5.91 Å². The molecule has 0 radical (unpaired) electrons. The van der Waals surface area contributed by atoms with Crippen LogP contribution in [0.2, 0.25) is 0 Å². The molecule has 2 heteroatoms. The first-order valence-corrected chi connectivity index (χ1v) is 6.75. The largest absolute Gasteiger partial charge is 0.369 e. The van der Waals surface area contributed by atoms with Gasteiger partial charge in [0.05, 0.1) is 5.41 Å². The van der Waals surface area contributed by atoms with E-state index >= 15 is 0 Å². The van der Waals surface area contributed by atoms with Gasteiger partial charge in [-0.25, -0.2) is 0 Å². The Morgan fingerprint density at radius 2 is 2.24 bits per heavy atom. The highest BCUT2D eigenvalue weighted by atomic mass is 16.1. The Morgan fingerprint density at radius 1 is 1.47 bits per heavy atom. The summed E-state index contributed by atoms with van der Waals surface area (Å²) in [5, 5.41) is 0. The summed E-state index contributed by atoms with van der Waals surface area (Å²) in [5.41, 5.74) is 8.13. The molecule has 2 N–H and O–H groups in total. The minimum Gasteiger partial charge on any atom is -0.369 e. The van der Waals surface area contributed by atoms with Crippen molar-refractivity contribution in [3.8, 4) is 0 Å². The molecule has 2 nitrogen and oxygen atoms in total. The highest BCUT2D eigenvalue weighted by Crippen LogP contribution is 2.61. The zero-order valence-corrected chi connectivity index (χ0v) is 10.7. The van der Waals surface area contributed by atoms with Gasteiger partial charge in [0.25, 0.3) is 0 Å². The lowest BCUT2D eigenvalue weighted by Gasteiger charge is -2.38. The fraction of sp³-hybridized carbons (Fsp3) is 0.667. The lowest BCUT2D eigenvalue weighted by molar-refractivity contribution is -0.128. The van der Waals surface area contributed by atoms with Crippen LogP contribution in [0.15, 0.2) is 23.3 Å². The summed E-state index contributed by atoms with van der Waals surface area (Å²) in [6, 6.07) is 0. The Kier molecular flexibility index (Phi) is 2.26. The number of hydrogen-bond donors (Lipinski definition) is 1. The van der Waals surface area contributed by atoms with Gasteiger partial charge in [-0.3, -0.25) is 4.79 Å². The van der Waals surface area contributed by atoms with Crippen molar-refractivity contribution in [2.45, 2.75) is 39.5 Å². The maximum atomic E-state index is 12.2. The molecule has 3 aliphatic rings. The van der Waals surface area contributed by atoms with Gasteiger partial charge in [0.1, 0.15) is 0 Å². The number of amides is 1. The molecule has 17 heavy (non-hydrogen) atoms. The lowest BCUT2D eigenvalue weighted by atomic mass is 9.64. The zero-order chi connectivity index (χ0) is 12.2. The summed E-state index contributed by atoms with van der Waals surface area (Å²) in [6.07, 6.45) is 9.08. The van der Waals surface area contributed by atoms with Crippen LogP contribution in [0.3, 0.4) is 0 Å². The molecule has 0 aromatic heterocycles. The minimum absolute atomic E-state index is 0.0744. The van der Waals surface area contributed by atoms with Gasteiger partial charge in [0.2, 0.25) is 5.91 Å². The first-order valence-electron chi connectivity index (χ1n) is 6.75. The van der Waals surface area contributed by atoms with Crippen LogP contribution in [-0.4, -0.2) is 5.91 Å². The Balaban J connectivity index is 2.09. The third-order valence-electron chi connectivity index (χ3n) is 5.28. The number of rotatable bonds is 2. The molecule has 0 saturated heterocycles. The fourth-order valence-electron chi connectivity index (χ4n) is 4.69. The highest BCUT2D eigenvalue weighted by molar-refractivity contribution is 5.86. The van der Waals surface area contributed by atoms with Gasteiger partial charge in [-0.05, 0) is 49.5 Å². The molecule has 2 saturated carbocycles. The number of hydrogen-bond acceptors (Lipinski definition) is 1. The van der Waals surface area contributed by atoms with Gasteiger partial charge in [-0.1, -0.05) is 31.1 Å². The number of nitrogens with two attached hydrogens (primary N) is 1. The third-order valence-corrected chi connectivity index (χ3v) is 5.28. The van der Waals surface area contributed by atoms with Crippen LogP contribution in [0, 0.1) is 23.2 Å². The number of fused-ring (bicyclic) bond motifs is 2.